The number of methoxy groups -OCH3 is 2. The molecule has 1 fully saturated rings. The van der Waals surface area contributed by atoms with Gasteiger partial charge in [0.25, 0.3) is 0 Å². The summed E-state index contributed by atoms with van der Waals surface area (Å²) in [6, 6.07) is 0. The molecule has 1 heterocycles. The summed E-state index contributed by atoms with van der Waals surface area (Å²) in [6.45, 7) is 4.19. The van der Waals surface area contributed by atoms with E-state index in [0.717, 1.165) is 18.4 Å². The quantitative estimate of drug-likeness (QED) is 0.796. The van der Waals surface area contributed by atoms with E-state index in [4.69, 9.17) is 14.2 Å². The molecule has 2 atom stereocenters. The summed E-state index contributed by atoms with van der Waals surface area (Å²) in [5.41, 5.74) is 2.51. The Morgan fingerprint density at radius 2 is 2.12 bits per heavy atom. The van der Waals surface area contributed by atoms with Crippen LogP contribution in [-0.2, 0) is 27.3 Å². The van der Waals surface area contributed by atoms with Crippen molar-refractivity contribution in [3.05, 3.63) is 22.3 Å². The topological polar surface area (TPSA) is 82.1 Å². The monoisotopic (exact) mass is 348 g/mol. The lowest BCUT2D eigenvalue weighted by atomic mass is 9.91. The van der Waals surface area contributed by atoms with Gasteiger partial charge in [0, 0.05) is 17.5 Å². The van der Waals surface area contributed by atoms with Gasteiger partial charge in [0.05, 0.1) is 14.2 Å². The third-order valence-electron chi connectivity index (χ3n) is 5.76. The molecule has 3 rings (SSSR count). The standard InChI is InChI=1S/C19H24O6/c1-10-13-9-25-18(22)15(13)16(21)12(17(10)24-4)7-11-8-19(11,2)6-5-14(20)23-3/h11,21H,5-9H2,1-4H3. The van der Waals surface area contributed by atoms with Crippen LogP contribution in [0, 0.1) is 18.3 Å². The van der Waals surface area contributed by atoms with Crippen LogP contribution in [0.1, 0.15) is 53.2 Å². The van der Waals surface area contributed by atoms with E-state index in [1.807, 2.05) is 6.92 Å². The van der Waals surface area contributed by atoms with Gasteiger partial charge < -0.3 is 19.3 Å². The van der Waals surface area contributed by atoms with Gasteiger partial charge in [0.2, 0.25) is 0 Å². The molecule has 136 valence electrons. The number of aromatic hydroxyl groups is 1. The summed E-state index contributed by atoms with van der Waals surface area (Å²) >= 11 is 0. The van der Waals surface area contributed by atoms with Crippen LogP contribution in [0.3, 0.4) is 0 Å². The Bertz CT molecular complexity index is 738. The van der Waals surface area contributed by atoms with Crippen molar-refractivity contribution in [1.29, 1.82) is 0 Å². The predicted molar refractivity (Wildman–Crippen MR) is 89.7 cm³/mol. The molecule has 0 amide bonds. The van der Waals surface area contributed by atoms with Gasteiger partial charge in [-0.3, -0.25) is 4.79 Å². The summed E-state index contributed by atoms with van der Waals surface area (Å²) in [6.07, 6.45) is 2.71. The average Bonchev–Trinajstić information content (AvgIpc) is 3.05. The fourth-order valence-electron chi connectivity index (χ4n) is 3.89. The number of cyclic esters (lactones) is 1. The minimum Gasteiger partial charge on any atom is -0.507 e. The summed E-state index contributed by atoms with van der Waals surface area (Å²) in [5.74, 6) is 0.234. The first kappa shape index (κ1) is 17.6. The molecule has 2 aliphatic rings. The molecule has 0 bridgehead atoms. The fraction of sp³-hybridized carbons (Fsp3) is 0.579. The van der Waals surface area contributed by atoms with Crippen LogP contribution >= 0.6 is 0 Å². The zero-order chi connectivity index (χ0) is 18.4. The molecule has 1 aromatic rings. The van der Waals surface area contributed by atoms with Crippen molar-refractivity contribution in [2.45, 2.75) is 46.1 Å². The Kier molecular flexibility index (Phi) is 4.39. The van der Waals surface area contributed by atoms with E-state index in [1.165, 1.54) is 7.11 Å². The lowest BCUT2D eigenvalue weighted by molar-refractivity contribution is -0.141. The molecular formula is C19H24O6. The molecule has 1 saturated carbocycles. The highest BCUT2D eigenvalue weighted by molar-refractivity contribution is 5.98. The van der Waals surface area contributed by atoms with Gasteiger partial charge in [-0.1, -0.05) is 6.92 Å². The minimum absolute atomic E-state index is 0.0258. The molecule has 1 N–H and O–H groups in total. The van der Waals surface area contributed by atoms with Crippen LogP contribution in [0.5, 0.6) is 11.5 Å². The molecule has 6 nitrogen and oxygen atoms in total. The molecule has 1 aliphatic carbocycles. The highest BCUT2D eigenvalue weighted by atomic mass is 16.5. The Balaban J connectivity index is 1.84. The first-order chi connectivity index (χ1) is 11.8. The van der Waals surface area contributed by atoms with Crippen molar-refractivity contribution >= 4 is 11.9 Å². The van der Waals surface area contributed by atoms with E-state index >= 15 is 0 Å². The number of ether oxygens (including phenoxy) is 3. The summed E-state index contributed by atoms with van der Waals surface area (Å²) in [4.78, 5) is 23.3. The number of hydrogen-bond acceptors (Lipinski definition) is 6. The number of carbonyl (C=O) groups is 2. The molecule has 1 aromatic carbocycles. The maximum atomic E-state index is 12.0. The lowest BCUT2D eigenvalue weighted by Gasteiger charge is -2.17. The van der Waals surface area contributed by atoms with Gasteiger partial charge in [-0.05, 0) is 43.1 Å². The molecule has 1 aliphatic heterocycles. The number of esters is 2. The van der Waals surface area contributed by atoms with Crippen LogP contribution in [0.15, 0.2) is 0 Å². The zero-order valence-corrected chi connectivity index (χ0v) is 15.1. The Morgan fingerprint density at radius 1 is 1.40 bits per heavy atom. The fourth-order valence-corrected chi connectivity index (χ4v) is 3.89. The second-order valence-electron chi connectivity index (χ2n) is 7.25. The van der Waals surface area contributed by atoms with Crippen molar-refractivity contribution in [3.63, 3.8) is 0 Å². The van der Waals surface area contributed by atoms with Gasteiger partial charge in [-0.15, -0.1) is 0 Å². The highest BCUT2D eigenvalue weighted by Gasteiger charge is 2.50. The number of phenols is 1. The van der Waals surface area contributed by atoms with Crippen molar-refractivity contribution < 1.29 is 28.9 Å². The Hall–Kier alpha value is -2.24. The largest absolute Gasteiger partial charge is 0.507 e. The average molecular weight is 348 g/mol. The number of hydrogen-bond donors (Lipinski definition) is 1. The van der Waals surface area contributed by atoms with E-state index in [9.17, 15) is 14.7 Å². The Labute approximate surface area is 147 Å². The second-order valence-corrected chi connectivity index (χ2v) is 7.25. The van der Waals surface area contributed by atoms with Crippen LogP contribution in [0.25, 0.3) is 0 Å². The molecule has 0 aromatic heterocycles. The smallest absolute Gasteiger partial charge is 0.342 e. The van der Waals surface area contributed by atoms with E-state index in [0.29, 0.717) is 35.6 Å². The minimum atomic E-state index is -0.483. The van der Waals surface area contributed by atoms with Crippen molar-refractivity contribution in [1.82, 2.24) is 0 Å². The van der Waals surface area contributed by atoms with Gasteiger partial charge in [0.1, 0.15) is 23.7 Å². The third-order valence-corrected chi connectivity index (χ3v) is 5.76. The lowest BCUT2D eigenvalue weighted by Crippen LogP contribution is -2.08. The number of rotatable bonds is 6. The normalized spacial score (nSPS) is 23.8. The Morgan fingerprint density at radius 3 is 2.76 bits per heavy atom. The molecule has 6 heteroatoms. The molecule has 0 spiro atoms. The number of fused-ring (bicyclic) bond motifs is 1. The second kappa shape index (κ2) is 6.24. The number of carbonyl (C=O) groups excluding carboxylic acids is 2. The van der Waals surface area contributed by atoms with Crippen LogP contribution in [-0.4, -0.2) is 31.3 Å². The van der Waals surface area contributed by atoms with E-state index < -0.39 is 5.97 Å². The zero-order valence-electron chi connectivity index (χ0n) is 15.1. The van der Waals surface area contributed by atoms with Crippen LogP contribution in [0.4, 0.5) is 0 Å². The molecular weight excluding hydrogens is 324 g/mol. The van der Waals surface area contributed by atoms with Crippen molar-refractivity contribution in [2.75, 3.05) is 14.2 Å². The van der Waals surface area contributed by atoms with Gasteiger partial charge in [-0.25, -0.2) is 4.79 Å². The summed E-state index contributed by atoms with van der Waals surface area (Å²) < 4.78 is 15.3. The van der Waals surface area contributed by atoms with E-state index in [-0.39, 0.29) is 29.3 Å². The molecule has 2 unspecified atom stereocenters. The van der Waals surface area contributed by atoms with Crippen LogP contribution in [0.2, 0.25) is 0 Å². The van der Waals surface area contributed by atoms with Crippen molar-refractivity contribution in [3.8, 4) is 11.5 Å². The molecule has 0 radical (unpaired) electrons. The maximum Gasteiger partial charge on any atom is 0.342 e. The molecule has 0 saturated heterocycles. The first-order valence-corrected chi connectivity index (χ1v) is 8.47. The van der Waals surface area contributed by atoms with Crippen LogP contribution < -0.4 is 4.74 Å². The summed E-state index contributed by atoms with van der Waals surface area (Å²) in [5, 5.41) is 10.7. The van der Waals surface area contributed by atoms with Crippen molar-refractivity contribution in [2.24, 2.45) is 11.3 Å². The molecule has 25 heavy (non-hydrogen) atoms. The third kappa shape index (κ3) is 2.94. The van der Waals surface area contributed by atoms with Gasteiger partial charge in [-0.2, -0.15) is 0 Å². The number of benzene rings is 1. The maximum absolute atomic E-state index is 12.0. The highest BCUT2D eigenvalue weighted by Crippen LogP contribution is 2.58. The number of phenolic OH excluding ortho intramolecular Hbond substituents is 1. The van der Waals surface area contributed by atoms with Gasteiger partial charge in [0.15, 0.2) is 0 Å². The SMILES string of the molecule is COC(=O)CCC1(C)CC1Cc1c(O)c2c(c(C)c1OC)COC2=O. The van der Waals surface area contributed by atoms with Gasteiger partial charge >= 0.3 is 11.9 Å². The van der Waals surface area contributed by atoms with E-state index in [1.54, 1.807) is 7.11 Å². The van der Waals surface area contributed by atoms with E-state index in [2.05, 4.69) is 6.92 Å². The summed E-state index contributed by atoms with van der Waals surface area (Å²) in [7, 11) is 2.96. The first-order valence-electron chi connectivity index (χ1n) is 8.47. The predicted octanol–water partition coefficient (Wildman–Crippen LogP) is 2.90.